The molecule has 2 heterocycles. The molecule has 0 radical (unpaired) electrons. The highest BCUT2D eigenvalue weighted by molar-refractivity contribution is 5.96. The van der Waals surface area contributed by atoms with Crippen molar-refractivity contribution in [2.24, 2.45) is 17.8 Å². The lowest BCUT2D eigenvalue weighted by molar-refractivity contribution is -0.136. The molecule has 1 aliphatic carbocycles. The molecule has 2 bridgehead atoms. The topological polar surface area (TPSA) is 105 Å². The molecular formula is C31H43FN2O6. The molecule has 1 saturated carbocycles. The number of fused-ring (bicyclic) bond motifs is 2. The van der Waals surface area contributed by atoms with E-state index >= 15 is 0 Å². The number of methoxy groups -OCH3 is 1. The third-order valence-corrected chi connectivity index (χ3v) is 8.75. The van der Waals surface area contributed by atoms with Crippen molar-refractivity contribution < 1.29 is 33.4 Å². The Morgan fingerprint density at radius 2 is 1.90 bits per heavy atom. The van der Waals surface area contributed by atoms with E-state index in [4.69, 9.17) is 4.74 Å². The summed E-state index contributed by atoms with van der Waals surface area (Å²) in [7, 11) is 1.28. The number of amides is 3. The standard InChI is InChI=1S/C31H43FN2O6/c1-39-28(36)15-11-22-10-12-24(32)19-23(22)20-25-26-13-14-27(40-26)29(25)30(37)34(17-18-35)31(38)33-16-6-5-9-21-7-3-2-4-8-21/h10-12,15,19,21,25-27,29,35H,2-9,13-14,16-18,20H2,1H3,(H,33,38)/b15-11+. The van der Waals surface area contributed by atoms with E-state index in [0.29, 0.717) is 30.5 Å². The number of aliphatic hydroxyl groups is 1. The molecule has 4 atom stereocenters. The van der Waals surface area contributed by atoms with Gasteiger partial charge >= 0.3 is 12.0 Å². The highest BCUT2D eigenvalue weighted by Gasteiger charge is 2.53. The lowest BCUT2D eigenvalue weighted by Crippen LogP contribution is -2.51. The Kier molecular flexibility index (Phi) is 11.1. The van der Waals surface area contributed by atoms with E-state index in [0.717, 1.165) is 30.1 Å². The molecule has 0 aromatic heterocycles. The van der Waals surface area contributed by atoms with Gasteiger partial charge in [-0.1, -0.05) is 51.0 Å². The molecule has 3 amide bonds. The van der Waals surface area contributed by atoms with Crippen LogP contribution in [0, 0.1) is 23.6 Å². The maximum Gasteiger partial charge on any atom is 0.330 e. The van der Waals surface area contributed by atoms with Crippen molar-refractivity contribution in [3.8, 4) is 0 Å². The van der Waals surface area contributed by atoms with Crippen molar-refractivity contribution in [1.82, 2.24) is 10.2 Å². The minimum absolute atomic E-state index is 0.0968. The van der Waals surface area contributed by atoms with Crippen LogP contribution in [-0.2, 0) is 25.5 Å². The number of benzene rings is 1. The third-order valence-electron chi connectivity index (χ3n) is 8.75. The molecule has 220 valence electrons. The zero-order valence-corrected chi connectivity index (χ0v) is 23.5. The van der Waals surface area contributed by atoms with Gasteiger partial charge in [0.15, 0.2) is 0 Å². The van der Waals surface area contributed by atoms with Crippen molar-refractivity contribution in [2.75, 3.05) is 26.8 Å². The minimum Gasteiger partial charge on any atom is -0.466 e. The Labute approximate surface area is 236 Å². The van der Waals surface area contributed by atoms with Gasteiger partial charge in [-0.15, -0.1) is 0 Å². The average Bonchev–Trinajstić information content (AvgIpc) is 3.57. The van der Waals surface area contributed by atoms with Crippen LogP contribution in [0.2, 0.25) is 0 Å². The summed E-state index contributed by atoms with van der Waals surface area (Å²) in [5.41, 5.74) is 1.30. The summed E-state index contributed by atoms with van der Waals surface area (Å²) in [6.45, 7) is 0.0522. The highest BCUT2D eigenvalue weighted by atomic mass is 19.1. The SMILES string of the molecule is COC(=O)/C=C/c1ccc(F)cc1CC1C2CCC(O2)C1C(=O)N(CCO)C(=O)NCCCCC1CCCCC1. The molecule has 8 nitrogen and oxygen atoms in total. The van der Waals surface area contributed by atoms with Gasteiger partial charge < -0.3 is 19.9 Å². The number of urea groups is 1. The largest absolute Gasteiger partial charge is 0.466 e. The monoisotopic (exact) mass is 558 g/mol. The second kappa shape index (κ2) is 14.7. The van der Waals surface area contributed by atoms with Crippen LogP contribution < -0.4 is 5.32 Å². The van der Waals surface area contributed by atoms with Crippen LogP contribution in [0.15, 0.2) is 24.3 Å². The minimum atomic E-state index is -0.581. The number of ether oxygens (including phenoxy) is 2. The molecule has 2 N–H and O–H groups in total. The van der Waals surface area contributed by atoms with Crippen LogP contribution >= 0.6 is 0 Å². The Bertz CT molecular complexity index is 1060. The van der Waals surface area contributed by atoms with Gasteiger partial charge in [-0.05, 0) is 60.9 Å². The molecule has 40 heavy (non-hydrogen) atoms. The second-order valence-electron chi connectivity index (χ2n) is 11.3. The van der Waals surface area contributed by atoms with E-state index in [1.165, 1.54) is 63.8 Å². The van der Waals surface area contributed by atoms with Crippen LogP contribution in [0.25, 0.3) is 6.08 Å². The Morgan fingerprint density at radius 3 is 2.65 bits per heavy atom. The first-order valence-corrected chi connectivity index (χ1v) is 14.8. The fourth-order valence-corrected chi connectivity index (χ4v) is 6.69. The van der Waals surface area contributed by atoms with E-state index in [1.807, 2.05) is 0 Å². The Balaban J connectivity index is 1.40. The molecule has 2 saturated heterocycles. The van der Waals surface area contributed by atoms with Gasteiger partial charge in [0.1, 0.15) is 5.82 Å². The van der Waals surface area contributed by atoms with Crippen molar-refractivity contribution in [3.05, 3.63) is 41.2 Å². The summed E-state index contributed by atoms with van der Waals surface area (Å²) >= 11 is 0. The van der Waals surface area contributed by atoms with Crippen LogP contribution in [0.4, 0.5) is 9.18 Å². The van der Waals surface area contributed by atoms with Gasteiger partial charge in [0.05, 0.1) is 38.4 Å². The summed E-state index contributed by atoms with van der Waals surface area (Å²) in [5.74, 6) is -1.35. The first-order chi connectivity index (χ1) is 19.4. The Hall–Kier alpha value is -2.78. The number of aliphatic hydroxyl groups excluding tert-OH is 1. The zero-order valence-electron chi connectivity index (χ0n) is 23.5. The normalized spacial score (nSPS) is 24.4. The van der Waals surface area contributed by atoms with Crippen molar-refractivity contribution in [1.29, 1.82) is 0 Å². The number of carbonyl (C=O) groups excluding carboxylic acids is 3. The Morgan fingerprint density at radius 1 is 1.12 bits per heavy atom. The number of halogens is 1. The molecule has 3 fully saturated rings. The second-order valence-corrected chi connectivity index (χ2v) is 11.3. The van der Waals surface area contributed by atoms with E-state index in [1.54, 1.807) is 12.1 Å². The quantitative estimate of drug-likeness (QED) is 0.220. The molecule has 1 aromatic carbocycles. The number of imide groups is 1. The van der Waals surface area contributed by atoms with Gasteiger partial charge in [-0.25, -0.2) is 14.0 Å². The number of hydrogen-bond acceptors (Lipinski definition) is 6. The van der Waals surface area contributed by atoms with E-state index in [2.05, 4.69) is 10.1 Å². The molecule has 1 aromatic rings. The summed E-state index contributed by atoms with van der Waals surface area (Å²) in [5, 5.41) is 12.5. The number of nitrogens with zero attached hydrogens (tertiary/aromatic N) is 1. The summed E-state index contributed by atoms with van der Waals surface area (Å²) in [4.78, 5) is 39.6. The van der Waals surface area contributed by atoms with Crippen molar-refractivity contribution in [2.45, 2.75) is 82.8 Å². The van der Waals surface area contributed by atoms with Crippen LogP contribution in [0.3, 0.4) is 0 Å². The van der Waals surface area contributed by atoms with Gasteiger partial charge in [0, 0.05) is 18.5 Å². The number of carbonyl (C=O) groups is 3. The number of rotatable bonds is 12. The lowest BCUT2D eigenvalue weighted by atomic mass is 9.75. The van der Waals surface area contributed by atoms with Crippen LogP contribution in [-0.4, -0.2) is 66.9 Å². The van der Waals surface area contributed by atoms with Gasteiger partial charge in [0.25, 0.3) is 0 Å². The molecule has 2 aliphatic heterocycles. The summed E-state index contributed by atoms with van der Waals surface area (Å²) < 4.78 is 25.0. The molecule has 9 heteroatoms. The summed E-state index contributed by atoms with van der Waals surface area (Å²) in [6.07, 6.45) is 13.8. The van der Waals surface area contributed by atoms with Crippen LogP contribution in [0.5, 0.6) is 0 Å². The van der Waals surface area contributed by atoms with Gasteiger partial charge in [-0.2, -0.15) is 0 Å². The smallest absolute Gasteiger partial charge is 0.330 e. The lowest BCUT2D eigenvalue weighted by Gasteiger charge is -2.31. The third kappa shape index (κ3) is 7.69. The maximum atomic E-state index is 14.2. The number of nitrogens with one attached hydrogen (secondary N) is 1. The number of unbranched alkanes of at least 4 members (excludes halogenated alkanes) is 1. The fraction of sp³-hybridized carbons (Fsp3) is 0.645. The summed E-state index contributed by atoms with van der Waals surface area (Å²) in [6, 6.07) is 3.83. The molecule has 3 aliphatic rings. The molecule has 0 spiro atoms. The van der Waals surface area contributed by atoms with Crippen molar-refractivity contribution in [3.63, 3.8) is 0 Å². The zero-order chi connectivity index (χ0) is 28.5. The average molecular weight is 559 g/mol. The van der Waals surface area contributed by atoms with E-state index in [-0.39, 0.29) is 37.2 Å². The predicted molar refractivity (Wildman–Crippen MR) is 149 cm³/mol. The van der Waals surface area contributed by atoms with Crippen LogP contribution in [0.1, 0.15) is 75.3 Å². The predicted octanol–water partition coefficient (Wildman–Crippen LogP) is 4.63. The van der Waals surface area contributed by atoms with Crippen molar-refractivity contribution >= 4 is 24.0 Å². The first-order valence-electron chi connectivity index (χ1n) is 14.8. The molecule has 4 unspecified atom stereocenters. The number of esters is 1. The van der Waals surface area contributed by atoms with Gasteiger partial charge in [-0.3, -0.25) is 9.69 Å². The first kappa shape index (κ1) is 30.2. The number of hydrogen-bond donors (Lipinski definition) is 2. The van der Waals surface area contributed by atoms with E-state index < -0.39 is 23.7 Å². The van der Waals surface area contributed by atoms with E-state index in [9.17, 15) is 23.9 Å². The molecule has 4 rings (SSSR count). The van der Waals surface area contributed by atoms with Gasteiger partial charge in [0.2, 0.25) is 5.91 Å². The maximum absolute atomic E-state index is 14.2. The fourth-order valence-electron chi connectivity index (χ4n) is 6.69. The highest BCUT2D eigenvalue weighted by Crippen LogP contribution is 2.46. The molecular weight excluding hydrogens is 515 g/mol.